The van der Waals surface area contributed by atoms with Gasteiger partial charge in [-0.1, -0.05) is 20.8 Å². The topological polar surface area (TPSA) is 167 Å². The van der Waals surface area contributed by atoms with Gasteiger partial charge in [0.15, 0.2) is 5.69 Å². The fourth-order valence-corrected chi connectivity index (χ4v) is 4.19. The summed E-state index contributed by atoms with van der Waals surface area (Å²) in [5.41, 5.74) is 5.03. The molecule has 1 aliphatic heterocycles. The van der Waals surface area contributed by atoms with Gasteiger partial charge in [0.25, 0.3) is 5.91 Å². The number of benzene rings is 1. The lowest BCUT2D eigenvalue weighted by Gasteiger charge is -2.30. The molecule has 0 radical (unpaired) electrons. The first-order chi connectivity index (χ1) is 17.5. The molecule has 3 amide bonds. The Balaban J connectivity index is 1.53. The summed E-state index contributed by atoms with van der Waals surface area (Å²) in [6, 6.07) is 3.19. The monoisotopic (exact) mass is 515 g/mol. The lowest BCUT2D eigenvalue weighted by molar-refractivity contribution is -0.125. The molecular formula is C24H30FN7O5. The van der Waals surface area contributed by atoms with E-state index in [4.69, 9.17) is 14.9 Å². The van der Waals surface area contributed by atoms with Gasteiger partial charge < -0.3 is 25.5 Å². The number of nitrogens with one attached hydrogen (secondary N) is 2. The fraction of sp³-hybridized carbons (Fsp3) is 0.500. The molecule has 1 aromatic carbocycles. The standard InChI is InChI=1S/C24H30FN7O5/c1-24(2,3)19(22(35)27-11-17-29-30-23(37-17)20(26)33)28-21(34)18-15-5-4-14(25)10-16(15)32(31-18)12-13-6-8-36-9-7-13/h4-5,10,13,19H,6-9,11-12H2,1-3H3,(H2,26,33)(H,27,35)(H,28,34)/t19-/m1/s1. The molecule has 0 unspecified atom stereocenters. The Labute approximate surface area is 212 Å². The Kier molecular flexibility index (Phi) is 7.52. The maximum atomic E-state index is 14.1. The van der Waals surface area contributed by atoms with E-state index in [2.05, 4.69) is 25.9 Å². The van der Waals surface area contributed by atoms with E-state index in [9.17, 15) is 18.8 Å². The number of rotatable bonds is 8. The maximum Gasteiger partial charge on any atom is 0.306 e. The zero-order valence-corrected chi connectivity index (χ0v) is 20.9. The summed E-state index contributed by atoms with van der Waals surface area (Å²) in [7, 11) is 0. The number of carbonyl (C=O) groups is 3. The molecule has 1 fully saturated rings. The van der Waals surface area contributed by atoms with E-state index in [1.54, 1.807) is 25.5 Å². The van der Waals surface area contributed by atoms with Crippen LogP contribution in [0.15, 0.2) is 22.6 Å². The van der Waals surface area contributed by atoms with E-state index in [0.717, 1.165) is 12.8 Å². The minimum absolute atomic E-state index is 0.0130. The number of nitrogens with two attached hydrogens (primary N) is 1. The number of hydrogen-bond acceptors (Lipinski definition) is 8. The highest BCUT2D eigenvalue weighted by atomic mass is 19.1. The summed E-state index contributed by atoms with van der Waals surface area (Å²) in [5.74, 6) is -2.47. The lowest BCUT2D eigenvalue weighted by atomic mass is 9.86. The Hall–Kier alpha value is -3.87. The van der Waals surface area contributed by atoms with E-state index < -0.39 is 35.0 Å². The zero-order valence-electron chi connectivity index (χ0n) is 20.9. The van der Waals surface area contributed by atoms with Crippen LogP contribution in [0.25, 0.3) is 10.9 Å². The average Bonchev–Trinajstić information content (AvgIpc) is 3.46. The van der Waals surface area contributed by atoms with Crippen molar-refractivity contribution in [3.8, 4) is 0 Å². The van der Waals surface area contributed by atoms with Crippen LogP contribution in [0.3, 0.4) is 0 Å². The van der Waals surface area contributed by atoms with Crippen LogP contribution in [0.1, 0.15) is 60.7 Å². The van der Waals surface area contributed by atoms with Crippen LogP contribution in [-0.2, 0) is 22.6 Å². The number of carbonyl (C=O) groups excluding carboxylic acids is 3. The smallest absolute Gasteiger partial charge is 0.306 e. The minimum atomic E-state index is -0.963. The molecule has 2 aromatic heterocycles. The number of amides is 3. The van der Waals surface area contributed by atoms with Gasteiger partial charge >= 0.3 is 11.8 Å². The summed E-state index contributed by atoms with van der Waals surface area (Å²) in [6.45, 7) is 7.06. The van der Waals surface area contributed by atoms with Gasteiger partial charge in [-0.15, -0.1) is 10.2 Å². The highest BCUT2D eigenvalue weighted by Gasteiger charge is 2.34. The van der Waals surface area contributed by atoms with Gasteiger partial charge in [0.1, 0.15) is 11.9 Å². The van der Waals surface area contributed by atoms with Crippen molar-refractivity contribution in [2.24, 2.45) is 17.1 Å². The van der Waals surface area contributed by atoms with Crippen LogP contribution in [0, 0.1) is 17.2 Å². The first-order valence-electron chi connectivity index (χ1n) is 12.0. The predicted molar refractivity (Wildman–Crippen MR) is 129 cm³/mol. The van der Waals surface area contributed by atoms with Crippen LogP contribution in [0.5, 0.6) is 0 Å². The molecule has 1 saturated heterocycles. The molecule has 1 atom stereocenters. The Morgan fingerprint density at radius 2 is 1.95 bits per heavy atom. The molecule has 3 heterocycles. The van der Waals surface area contributed by atoms with Gasteiger partial charge in [0.05, 0.1) is 12.1 Å². The first-order valence-corrected chi connectivity index (χ1v) is 12.0. The van der Waals surface area contributed by atoms with Gasteiger partial charge in [-0.3, -0.25) is 19.1 Å². The van der Waals surface area contributed by atoms with Crippen molar-refractivity contribution in [3.05, 3.63) is 41.5 Å². The predicted octanol–water partition coefficient (Wildman–Crippen LogP) is 1.54. The average molecular weight is 516 g/mol. The number of fused-ring (bicyclic) bond motifs is 1. The number of primary amides is 1. The summed E-state index contributed by atoms with van der Waals surface area (Å²) < 4.78 is 26.2. The molecule has 3 aromatic rings. The molecule has 37 heavy (non-hydrogen) atoms. The molecule has 0 aliphatic carbocycles. The number of ether oxygens (including phenoxy) is 1. The fourth-order valence-electron chi connectivity index (χ4n) is 4.19. The largest absolute Gasteiger partial charge is 0.415 e. The van der Waals surface area contributed by atoms with E-state index in [-0.39, 0.29) is 24.0 Å². The molecule has 4 rings (SSSR count). The molecule has 0 spiro atoms. The quantitative estimate of drug-likeness (QED) is 0.406. The summed E-state index contributed by atoms with van der Waals surface area (Å²) >= 11 is 0. The third-order valence-electron chi connectivity index (χ3n) is 6.20. The summed E-state index contributed by atoms with van der Waals surface area (Å²) in [5, 5.41) is 17.6. The molecule has 0 saturated carbocycles. The number of hydrogen-bond donors (Lipinski definition) is 3. The van der Waals surface area contributed by atoms with E-state index in [1.165, 1.54) is 18.2 Å². The van der Waals surface area contributed by atoms with Crippen LogP contribution in [-0.4, -0.2) is 57.0 Å². The second kappa shape index (κ2) is 10.6. The number of halogens is 1. The molecule has 4 N–H and O–H groups in total. The summed E-state index contributed by atoms with van der Waals surface area (Å²) in [6.07, 6.45) is 1.71. The maximum absolute atomic E-state index is 14.1. The van der Waals surface area contributed by atoms with Gasteiger partial charge in [-0.05, 0) is 42.4 Å². The highest BCUT2D eigenvalue weighted by Crippen LogP contribution is 2.25. The molecule has 12 nitrogen and oxygen atoms in total. The van der Waals surface area contributed by atoms with Crippen molar-refractivity contribution in [1.82, 2.24) is 30.6 Å². The molecule has 198 valence electrons. The SMILES string of the molecule is CC(C)(C)[C@H](NC(=O)c1nn(CC2CCOCC2)c2cc(F)ccc12)C(=O)NCc1nnc(C(N)=O)o1. The Bertz CT molecular complexity index is 1310. The van der Waals surface area contributed by atoms with Crippen LogP contribution >= 0.6 is 0 Å². The van der Waals surface area contributed by atoms with Gasteiger partial charge in [0, 0.05) is 25.1 Å². The molecule has 1 aliphatic rings. The van der Waals surface area contributed by atoms with Crippen LogP contribution in [0.2, 0.25) is 0 Å². The van der Waals surface area contributed by atoms with Crippen molar-refractivity contribution in [2.75, 3.05) is 13.2 Å². The van der Waals surface area contributed by atoms with Crippen LogP contribution in [0.4, 0.5) is 4.39 Å². The second-order valence-electron chi connectivity index (χ2n) is 10.1. The first kappa shape index (κ1) is 26.2. The molecular weight excluding hydrogens is 485 g/mol. The van der Waals surface area contributed by atoms with E-state index >= 15 is 0 Å². The van der Waals surface area contributed by atoms with Gasteiger partial charge in [-0.2, -0.15) is 5.10 Å². The van der Waals surface area contributed by atoms with E-state index in [1.807, 2.05) is 0 Å². The normalized spacial score (nSPS) is 15.5. The summed E-state index contributed by atoms with van der Waals surface area (Å²) in [4.78, 5) is 37.6. The third-order valence-corrected chi connectivity index (χ3v) is 6.20. The minimum Gasteiger partial charge on any atom is -0.415 e. The van der Waals surface area contributed by atoms with Gasteiger partial charge in [-0.25, -0.2) is 4.39 Å². The zero-order chi connectivity index (χ0) is 26.7. The lowest BCUT2D eigenvalue weighted by Crippen LogP contribution is -2.53. The Morgan fingerprint density at radius 1 is 1.22 bits per heavy atom. The Morgan fingerprint density at radius 3 is 2.59 bits per heavy atom. The van der Waals surface area contributed by atoms with Crippen LogP contribution < -0.4 is 16.4 Å². The van der Waals surface area contributed by atoms with Crippen molar-refractivity contribution in [2.45, 2.75) is 52.7 Å². The molecule has 0 bridgehead atoms. The van der Waals surface area contributed by atoms with Crippen molar-refractivity contribution in [3.63, 3.8) is 0 Å². The van der Waals surface area contributed by atoms with Crippen molar-refractivity contribution < 1.29 is 27.9 Å². The second-order valence-corrected chi connectivity index (χ2v) is 10.1. The van der Waals surface area contributed by atoms with Crippen molar-refractivity contribution >= 4 is 28.6 Å². The van der Waals surface area contributed by atoms with Gasteiger partial charge in [0.2, 0.25) is 11.8 Å². The van der Waals surface area contributed by atoms with Crippen molar-refractivity contribution in [1.29, 1.82) is 0 Å². The highest BCUT2D eigenvalue weighted by molar-refractivity contribution is 6.06. The number of nitrogens with zero attached hydrogens (tertiary/aromatic N) is 4. The third kappa shape index (κ3) is 6.10. The number of aromatic nitrogens is 4. The molecule has 13 heteroatoms. The van der Waals surface area contributed by atoms with E-state index in [0.29, 0.717) is 36.6 Å².